The van der Waals surface area contributed by atoms with Crippen LogP contribution in [0.4, 0.5) is 0 Å². The van der Waals surface area contributed by atoms with E-state index in [4.69, 9.17) is 0 Å². The highest BCUT2D eigenvalue weighted by molar-refractivity contribution is 5.52. The van der Waals surface area contributed by atoms with E-state index in [0.717, 1.165) is 5.92 Å². The highest BCUT2D eigenvalue weighted by Crippen LogP contribution is 2.27. The molecule has 0 saturated heterocycles. The molecule has 0 aromatic heterocycles. The molecule has 1 aliphatic rings. The zero-order valence-electron chi connectivity index (χ0n) is 11.4. The van der Waals surface area contributed by atoms with Gasteiger partial charge in [0.05, 0.1) is 0 Å². The van der Waals surface area contributed by atoms with Gasteiger partial charge in [-0.05, 0) is 37.2 Å². The SMILES string of the molecule is CCCCC1C=C(/C=C/c2ccccc2)CCC1. The van der Waals surface area contributed by atoms with E-state index in [2.05, 4.69) is 55.5 Å². The van der Waals surface area contributed by atoms with Crippen molar-refractivity contribution in [2.24, 2.45) is 5.92 Å². The standard InChI is InChI=1S/C18H24/c1-2-3-8-17-11-7-12-18(15-17)14-13-16-9-5-4-6-10-16/h4-6,9-10,13-15,17H,2-3,7-8,11-12H2,1H3/b14-13+. The quantitative estimate of drug-likeness (QED) is 0.627. The fraction of sp³-hybridized carbons (Fsp3) is 0.444. The zero-order valence-corrected chi connectivity index (χ0v) is 11.4. The Hall–Kier alpha value is -1.30. The number of hydrogen-bond donors (Lipinski definition) is 0. The van der Waals surface area contributed by atoms with Gasteiger partial charge >= 0.3 is 0 Å². The van der Waals surface area contributed by atoms with Crippen LogP contribution in [0.5, 0.6) is 0 Å². The molecule has 0 N–H and O–H groups in total. The summed E-state index contributed by atoms with van der Waals surface area (Å²) in [7, 11) is 0. The predicted octanol–water partition coefficient (Wildman–Crippen LogP) is 5.62. The maximum atomic E-state index is 2.51. The molecule has 0 bridgehead atoms. The molecule has 2 rings (SSSR count). The highest BCUT2D eigenvalue weighted by atomic mass is 14.2. The van der Waals surface area contributed by atoms with Crippen molar-refractivity contribution >= 4 is 6.08 Å². The summed E-state index contributed by atoms with van der Waals surface area (Å²) in [5.74, 6) is 0.828. The minimum Gasteiger partial charge on any atom is -0.0782 e. The predicted molar refractivity (Wildman–Crippen MR) is 80.4 cm³/mol. The van der Waals surface area contributed by atoms with Gasteiger partial charge in [-0.25, -0.2) is 0 Å². The first kappa shape index (κ1) is 13.1. The molecule has 0 spiro atoms. The Balaban J connectivity index is 1.95. The molecule has 1 aliphatic carbocycles. The summed E-state index contributed by atoms with van der Waals surface area (Å²) < 4.78 is 0. The van der Waals surface area contributed by atoms with E-state index in [9.17, 15) is 0 Å². The number of benzene rings is 1. The summed E-state index contributed by atoms with van der Waals surface area (Å²) in [6.07, 6.45) is 15.1. The van der Waals surface area contributed by atoms with Gasteiger partial charge in [0.25, 0.3) is 0 Å². The second kappa shape index (κ2) is 7.20. The smallest absolute Gasteiger partial charge is 0.0228 e. The third-order valence-corrected chi connectivity index (χ3v) is 3.71. The molecule has 0 amide bonds. The lowest BCUT2D eigenvalue weighted by Gasteiger charge is -2.19. The first-order valence-corrected chi connectivity index (χ1v) is 7.32. The number of rotatable bonds is 5. The molecule has 0 fully saturated rings. The highest BCUT2D eigenvalue weighted by Gasteiger charge is 2.11. The van der Waals surface area contributed by atoms with Crippen molar-refractivity contribution in [3.05, 3.63) is 53.6 Å². The molecular formula is C18H24. The molecule has 0 aliphatic heterocycles. The first-order valence-electron chi connectivity index (χ1n) is 7.32. The molecule has 18 heavy (non-hydrogen) atoms. The summed E-state index contributed by atoms with van der Waals surface area (Å²) in [6.45, 7) is 2.28. The van der Waals surface area contributed by atoms with Crippen LogP contribution in [0.1, 0.15) is 51.0 Å². The van der Waals surface area contributed by atoms with E-state index < -0.39 is 0 Å². The Kier molecular flexibility index (Phi) is 5.26. The Bertz CT molecular complexity index is 397. The van der Waals surface area contributed by atoms with Crippen LogP contribution in [-0.4, -0.2) is 0 Å². The molecule has 96 valence electrons. The third-order valence-electron chi connectivity index (χ3n) is 3.71. The fourth-order valence-corrected chi connectivity index (χ4v) is 2.64. The van der Waals surface area contributed by atoms with E-state index in [1.165, 1.54) is 49.7 Å². The molecule has 0 heteroatoms. The van der Waals surface area contributed by atoms with Gasteiger partial charge in [-0.2, -0.15) is 0 Å². The van der Waals surface area contributed by atoms with Gasteiger partial charge in [-0.15, -0.1) is 0 Å². The van der Waals surface area contributed by atoms with Crippen LogP contribution in [0.25, 0.3) is 6.08 Å². The summed E-state index contributed by atoms with van der Waals surface area (Å²) in [6, 6.07) is 10.6. The summed E-state index contributed by atoms with van der Waals surface area (Å²) >= 11 is 0. The van der Waals surface area contributed by atoms with Crippen LogP contribution >= 0.6 is 0 Å². The maximum absolute atomic E-state index is 2.51. The first-order chi connectivity index (χ1) is 8.88. The minimum atomic E-state index is 0.828. The Morgan fingerprint density at radius 1 is 1.17 bits per heavy atom. The zero-order chi connectivity index (χ0) is 12.6. The van der Waals surface area contributed by atoms with Crippen molar-refractivity contribution in [3.63, 3.8) is 0 Å². The van der Waals surface area contributed by atoms with Gasteiger partial charge in [0, 0.05) is 0 Å². The lowest BCUT2D eigenvalue weighted by Crippen LogP contribution is -2.03. The van der Waals surface area contributed by atoms with Crippen molar-refractivity contribution in [2.45, 2.75) is 45.4 Å². The lowest BCUT2D eigenvalue weighted by molar-refractivity contribution is 0.480. The Morgan fingerprint density at radius 3 is 2.78 bits per heavy atom. The van der Waals surface area contributed by atoms with Crippen molar-refractivity contribution in [1.29, 1.82) is 0 Å². The summed E-state index contributed by atoms with van der Waals surface area (Å²) in [4.78, 5) is 0. The van der Waals surface area contributed by atoms with E-state index >= 15 is 0 Å². The molecule has 0 radical (unpaired) electrons. The molecule has 0 saturated carbocycles. The maximum Gasteiger partial charge on any atom is -0.0228 e. The van der Waals surface area contributed by atoms with Crippen LogP contribution in [0.2, 0.25) is 0 Å². The molecule has 1 aromatic carbocycles. The third kappa shape index (κ3) is 4.18. The normalized spacial score (nSPS) is 20.1. The van der Waals surface area contributed by atoms with Crippen LogP contribution in [0.15, 0.2) is 48.1 Å². The fourth-order valence-electron chi connectivity index (χ4n) is 2.64. The summed E-state index contributed by atoms with van der Waals surface area (Å²) in [5, 5.41) is 0. The molecule has 1 unspecified atom stereocenters. The number of unbranched alkanes of at least 4 members (excludes halogenated alkanes) is 1. The van der Waals surface area contributed by atoms with Gasteiger partial charge in [0.1, 0.15) is 0 Å². The average Bonchev–Trinajstić information content (AvgIpc) is 2.44. The van der Waals surface area contributed by atoms with E-state index in [0.29, 0.717) is 0 Å². The van der Waals surface area contributed by atoms with Crippen molar-refractivity contribution < 1.29 is 0 Å². The molecule has 0 nitrogen and oxygen atoms in total. The van der Waals surface area contributed by atoms with Gasteiger partial charge < -0.3 is 0 Å². The number of hydrogen-bond acceptors (Lipinski definition) is 0. The van der Waals surface area contributed by atoms with E-state index in [-0.39, 0.29) is 0 Å². The average molecular weight is 240 g/mol. The Labute approximate surface area is 111 Å². The Morgan fingerprint density at radius 2 is 2.00 bits per heavy atom. The van der Waals surface area contributed by atoms with E-state index in [1.54, 1.807) is 0 Å². The van der Waals surface area contributed by atoms with Crippen molar-refractivity contribution in [3.8, 4) is 0 Å². The second-order valence-corrected chi connectivity index (χ2v) is 5.28. The van der Waals surface area contributed by atoms with Crippen LogP contribution in [-0.2, 0) is 0 Å². The van der Waals surface area contributed by atoms with Crippen LogP contribution < -0.4 is 0 Å². The largest absolute Gasteiger partial charge is 0.0782 e. The van der Waals surface area contributed by atoms with Crippen LogP contribution in [0.3, 0.4) is 0 Å². The number of allylic oxidation sites excluding steroid dienone is 3. The monoisotopic (exact) mass is 240 g/mol. The van der Waals surface area contributed by atoms with Gasteiger partial charge in [-0.3, -0.25) is 0 Å². The van der Waals surface area contributed by atoms with Gasteiger partial charge in [0.2, 0.25) is 0 Å². The molecular weight excluding hydrogens is 216 g/mol. The van der Waals surface area contributed by atoms with Crippen LogP contribution in [0, 0.1) is 5.92 Å². The molecule has 1 aromatic rings. The van der Waals surface area contributed by atoms with Crippen molar-refractivity contribution in [1.82, 2.24) is 0 Å². The molecule has 0 heterocycles. The van der Waals surface area contributed by atoms with Crippen molar-refractivity contribution in [2.75, 3.05) is 0 Å². The van der Waals surface area contributed by atoms with E-state index in [1.807, 2.05) is 0 Å². The summed E-state index contributed by atoms with van der Waals surface area (Å²) in [5.41, 5.74) is 2.83. The molecule has 1 atom stereocenters. The minimum absolute atomic E-state index is 0.828. The van der Waals surface area contributed by atoms with Gasteiger partial charge in [-0.1, -0.05) is 73.9 Å². The second-order valence-electron chi connectivity index (χ2n) is 5.28. The topological polar surface area (TPSA) is 0 Å². The van der Waals surface area contributed by atoms with Gasteiger partial charge in [0.15, 0.2) is 0 Å². The lowest BCUT2D eigenvalue weighted by atomic mass is 9.87.